The molecule has 3 nitrogen and oxygen atoms in total. The van der Waals surface area contributed by atoms with Crippen LogP contribution in [0.1, 0.15) is 44.9 Å². The van der Waals surface area contributed by atoms with Gasteiger partial charge in [0, 0.05) is 6.42 Å². The van der Waals surface area contributed by atoms with Crippen LogP contribution in [0.15, 0.2) is 12.2 Å². The van der Waals surface area contributed by atoms with Gasteiger partial charge in [0.2, 0.25) is 0 Å². The molecule has 0 radical (unpaired) electrons. The van der Waals surface area contributed by atoms with Gasteiger partial charge < -0.3 is 9.84 Å². The minimum Gasteiger partial charge on any atom is -0.469 e. The summed E-state index contributed by atoms with van der Waals surface area (Å²) in [4.78, 5) is 10.8. The Morgan fingerprint density at radius 2 is 1.80 bits per heavy atom. The van der Waals surface area contributed by atoms with Crippen LogP contribution in [-0.2, 0) is 9.53 Å². The molecule has 0 aromatic heterocycles. The zero-order valence-corrected chi connectivity index (χ0v) is 9.58. The molecule has 3 heteroatoms. The van der Waals surface area contributed by atoms with Crippen LogP contribution in [0.5, 0.6) is 0 Å². The van der Waals surface area contributed by atoms with Crippen molar-refractivity contribution in [2.24, 2.45) is 0 Å². The van der Waals surface area contributed by atoms with E-state index in [1.807, 2.05) is 6.08 Å². The Morgan fingerprint density at radius 3 is 2.47 bits per heavy atom. The van der Waals surface area contributed by atoms with Gasteiger partial charge in [0.15, 0.2) is 0 Å². The number of ether oxygens (including phenoxy) is 1. The highest BCUT2D eigenvalue weighted by Gasteiger charge is 1.98. The van der Waals surface area contributed by atoms with Crippen molar-refractivity contribution in [2.75, 3.05) is 13.7 Å². The maximum atomic E-state index is 10.8. The number of unbranched alkanes of at least 4 members (excludes halogenated alkanes) is 5. The normalized spacial score (nSPS) is 10.8. The van der Waals surface area contributed by atoms with Gasteiger partial charge in [-0.25, -0.2) is 0 Å². The first-order chi connectivity index (χ1) is 7.31. The number of aliphatic hydroxyl groups excluding tert-OH is 1. The summed E-state index contributed by atoms with van der Waals surface area (Å²) in [5, 5.41) is 8.48. The predicted octanol–water partition coefficient (Wildman–Crippen LogP) is 2.44. The maximum Gasteiger partial charge on any atom is 0.305 e. The fourth-order valence-electron chi connectivity index (χ4n) is 1.36. The second kappa shape index (κ2) is 11.2. The first kappa shape index (κ1) is 14.2. The second-order valence-corrected chi connectivity index (χ2v) is 3.54. The smallest absolute Gasteiger partial charge is 0.305 e. The average molecular weight is 214 g/mol. The Bertz CT molecular complexity index is 176. The van der Waals surface area contributed by atoms with Crippen molar-refractivity contribution < 1.29 is 14.6 Å². The van der Waals surface area contributed by atoms with Crippen LogP contribution < -0.4 is 0 Å². The van der Waals surface area contributed by atoms with Crippen molar-refractivity contribution in [1.29, 1.82) is 0 Å². The SMILES string of the molecule is COC(=O)CCCCCCCC=CCO. The Morgan fingerprint density at radius 1 is 1.13 bits per heavy atom. The highest BCUT2D eigenvalue weighted by atomic mass is 16.5. The summed E-state index contributed by atoms with van der Waals surface area (Å²) in [6, 6.07) is 0. The van der Waals surface area contributed by atoms with Crippen molar-refractivity contribution in [3.8, 4) is 0 Å². The van der Waals surface area contributed by atoms with E-state index in [1.165, 1.54) is 20.0 Å². The van der Waals surface area contributed by atoms with E-state index < -0.39 is 0 Å². The molecule has 88 valence electrons. The summed E-state index contributed by atoms with van der Waals surface area (Å²) in [6.45, 7) is 0.138. The maximum absolute atomic E-state index is 10.8. The number of aliphatic hydroxyl groups is 1. The molecule has 0 aliphatic heterocycles. The molecule has 0 aromatic rings. The Hall–Kier alpha value is -0.830. The van der Waals surface area contributed by atoms with Gasteiger partial charge in [-0.1, -0.05) is 31.4 Å². The number of esters is 1. The lowest BCUT2D eigenvalue weighted by atomic mass is 10.1. The summed E-state index contributed by atoms with van der Waals surface area (Å²) in [5.74, 6) is -0.110. The summed E-state index contributed by atoms with van der Waals surface area (Å²) >= 11 is 0. The van der Waals surface area contributed by atoms with Crippen molar-refractivity contribution >= 4 is 5.97 Å². The van der Waals surface area contributed by atoms with Gasteiger partial charge in [-0.3, -0.25) is 4.79 Å². The van der Waals surface area contributed by atoms with Crippen molar-refractivity contribution in [2.45, 2.75) is 44.9 Å². The molecule has 0 bridgehead atoms. The minimum atomic E-state index is -0.110. The van der Waals surface area contributed by atoms with E-state index in [1.54, 1.807) is 6.08 Å². The average Bonchev–Trinajstić information content (AvgIpc) is 2.26. The fraction of sp³-hybridized carbons (Fsp3) is 0.750. The predicted molar refractivity (Wildman–Crippen MR) is 60.6 cm³/mol. The fourth-order valence-corrected chi connectivity index (χ4v) is 1.36. The Balaban J connectivity index is 3.05. The molecule has 0 atom stereocenters. The van der Waals surface area contributed by atoms with Gasteiger partial charge in [0.1, 0.15) is 0 Å². The molecule has 0 fully saturated rings. The monoisotopic (exact) mass is 214 g/mol. The van der Waals surface area contributed by atoms with Crippen LogP contribution in [0.25, 0.3) is 0 Å². The quantitative estimate of drug-likeness (QED) is 0.364. The molecule has 0 unspecified atom stereocenters. The zero-order chi connectivity index (χ0) is 11.4. The van der Waals surface area contributed by atoms with Crippen molar-refractivity contribution in [3.05, 3.63) is 12.2 Å². The molecular weight excluding hydrogens is 192 g/mol. The third kappa shape index (κ3) is 11.1. The van der Waals surface area contributed by atoms with E-state index in [4.69, 9.17) is 5.11 Å². The summed E-state index contributed by atoms with van der Waals surface area (Å²) in [5.41, 5.74) is 0. The van der Waals surface area contributed by atoms with Gasteiger partial charge in [-0.15, -0.1) is 0 Å². The number of hydrogen-bond acceptors (Lipinski definition) is 3. The van der Waals surface area contributed by atoms with Gasteiger partial charge in [-0.2, -0.15) is 0 Å². The molecule has 0 spiro atoms. The molecule has 0 rings (SSSR count). The van der Waals surface area contributed by atoms with E-state index in [-0.39, 0.29) is 12.6 Å². The molecule has 0 saturated heterocycles. The number of carbonyl (C=O) groups excluding carboxylic acids is 1. The summed E-state index contributed by atoms with van der Waals surface area (Å²) in [6.07, 6.45) is 10.9. The van der Waals surface area contributed by atoms with Crippen LogP contribution in [0.4, 0.5) is 0 Å². The van der Waals surface area contributed by atoms with Gasteiger partial charge >= 0.3 is 5.97 Å². The summed E-state index contributed by atoms with van der Waals surface area (Å²) < 4.78 is 4.55. The molecule has 0 aliphatic rings. The summed E-state index contributed by atoms with van der Waals surface area (Å²) in [7, 11) is 1.43. The Labute approximate surface area is 92.1 Å². The third-order valence-corrected chi connectivity index (χ3v) is 2.25. The lowest BCUT2D eigenvalue weighted by Gasteiger charge is -1.99. The van der Waals surface area contributed by atoms with Gasteiger partial charge in [0.25, 0.3) is 0 Å². The van der Waals surface area contributed by atoms with Gasteiger partial charge in [-0.05, 0) is 19.3 Å². The third-order valence-electron chi connectivity index (χ3n) is 2.25. The van der Waals surface area contributed by atoms with Crippen molar-refractivity contribution in [3.63, 3.8) is 0 Å². The number of carbonyl (C=O) groups is 1. The molecule has 0 aliphatic carbocycles. The number of allylic oxidation sites excluding steroid dienone is 1. The first-order valence-electron chi connectivity index (χ1n) is 5.64. The molecule has 0 heterocycles. The second-order valence-electron chi connectivity index (χ2n) is 3.54. The van der Waals surface area contributed by atoms with E-state index in [9.17, 15) is 4.79 Å². The highest BCUT2D eigenvalue weighted by Crippen LogP contribution is 2.07. The molecule has 0 saturated carbocycles. The zero-order valence-electron chi connectivity index (χ0n) is 9.58. The van der Waals surface area contributed by atoms with E-state index in [0.717, 1.165) is 25.7 Å². The topological polar surface area (TPSA) is 46.5 Å². The number of hydrogen-bond donors (Lipinski definition) is 1. The molecule has 0 amide bonds. The van der Waals surface area contributed by atoms with Crippen LogP contribution >= 0.6 is 0 Å². The highest BCUT2D eigenvalue weighted by molar-refractivity contribution is 5.68. The lowest BCUT2D eigenvalue weighted by Crippen LogP contribution is -1.99. The van der Waals surface area contributed by atoms with Crippen LogP contribution in [0.2, 0.25) is 0 Å². The van der Waals surface area contributed by atoms with Gasteiger partial charge in [0.05, 0.1) is 13.7 Å². The minimum absolute atomic E-state index is 0.110. The standard InChI is InChI=1S/C12H22O3/c1-15-12(14)10-8-6-4-2-3-5-7-9-11-13/h7,9,13H,2-6,8,10-11H2,1H3. The van der Waals surface area contributed by atoms with Crippen LogP contribution in [0, 0.1) is 0 Å². The molecule has 0 aromatic carbocycles. The molecule has 15 heavy (non-hydrogen) atoms. The van der Waals surface area contributed by atoms with E-state index in [0.29, 0.717) is 6.42 Å². The first-order valence-corrected chi connectivity index (χ1v) is 5.64. The van der Waals surface area contributed by atoms with E-state index >= 15 is 0 Å². The molecule has 1 N–H and O–H groups in total. The largest absolute Gasteiger partial charge is 0.469 e. The van der Waals surface area contributed by atoms with E-state index in [2.05, 4.69) is 4.74 Å². The lowest BCUT2D eigenvalue weighted by molar-refractivity contribution is -0.140. The Kier molecular flexibility index (Phi) is 10.6. The number of methoxy groups -OCH3 is 1. The van der Waals surface area contributed by atoms with Crippen molar-refractivity contribution in [1.82, 2.24) is 0 Å². The number of rotatable bonds is 9. The molecular formula is C12H22O3. The van der Waals surface area contributed by atoms with Crippen LogP contribution in [-0.4, -0.2) is 24.8 Å². The van der Waals surface area contributed by atoms with Crippen LogP contribution in [0.3, 0.4) is 0 Å².